The first-order valence-corrected chi connectivity index (χ1v) is 9.79. The Morgan fingerprint density at radius 1 is 1.19 bits per heavy atom. The minimum Gasteiger partial charge on any atom is -0.343 e. The van der Waals surface area contributed by atoms with Crippen LogP contribution in [-0.4, -0.2) is 40.2 Å². The van der Waals surface area contributed by atoms with Gasteiger partial charge in [-0.2, -0.15) is 0 Å². The maximum atomic E-state index is 4.66. The molecule has 0 amide bonds. The summed E-state index contributed by atoms with van der Waals surface area (Å²) in [5.74, 6) is 1.37. The third-order valence-electron chi connectivity index (χ3n) is 5.54. The van der Waals surface area contributed by atoms with Gasteiger partial charge >= 0.3 is 0 Å². The number of anilines is 1. The maximum absolute atomic E-state index is 4.66. The van der Waals surface area contributed by atoms with E-state index in [1.807, 2.05) is 6.92 Å². The summed E-state index contributed by atoms with van der Waals surface area (Å²) in [5, 5.41) is 7.76. The summed E-state index contributed by atoms with van der Waals surface area (Å²) in [6, 6.07) is 7.08. The Morgan fingerprint density at radius 2 is 2.04 bits per heavy atom. The van der Waals surface area contributed by atoms with E-state index in [2.05, 4.69) is 55.6 Å². The van der Waals surface area contributed by atoms with Crippen LogP contribution in [-0.2, 0) is 6.42 Å². The van der Waals surface area contributed by atoms with E-state index in [1.54, 1.807) is 0 Å². The van der Waals surface area contributed by atoms with Crippen molar-refractivity contribution in [1.29, 1.82) is 0 Å². The Bertz CT molecular complexity index is 809. The van der Waals surface area contributed by atoms with Crippen molar-refractivity contribution in [1.82, 2.24) is 20.2 Å². The van der Waals surface area contributed by atoms with Crippen molar-refractivity contribution in [3.8, 4) is 0 Å². The van der Waals surface area contributed by atoms with E-state index < -0.39 is 0 Å². The molecule has 1 aromatic heterocycles. The van der Waals surface area contributed by atoms with Gasteiger partial charge in [-0.05, 0) is 43.9 Å². The molecule has 0 spiro atoms. The quantitative estimate of drug-likeness (QED) is 0.886. The molecule has 26 heavy (non-hydrogen) atoms. The van der Waals surface area contributed by atoms with Gasteiger partial charge in [0.1, 0.15) is 0 Å². The van der Waals surface area contributed by atoms with Crippen LogP contribution in [0.4, 0.5) is 5.95 Å². The van der Waals surface area contributed by atoms with E-state index in [1.165, 1.54) is 37.7 Å². The molecule has 0 saturated heterocycles. The van der Waals surface area contributed by atoms with Gasteiger partial charge in [0.25, 0.3) is 0 Å². The molecule has 1 saturated carbocycles. The Morgan fingerprint density at radius 3 is 2.77 bits per heavy atom. The van der Waals surface area contributed by atoms with Gasteiger partial charge in [0.2, 0.25) is 11.9 Å². The first kappa shape index (κ1) is 17.2. The van der Waals surface area contributed by atoms with Gasteiger partial charge in [-0.25, -0.2) is 15.0 Å². The number of aryl methyl sites for hydroxylation is 2. The summed E-state index contributed by atoms with van der Waals surface area (Å²) in [4.78, 5) is 16.4. The molecule has 1 aliphatic carbocycles. The number of hydrogen-bond donors (Lipinski definition) is 2. The Hall–Kier alpha value is -2.21. The second kappa shape index (κ2) is 7.58. The van der Waals surface area contributed by atoms with E-state index in [-0.39, 0.29) is 0 Å². The molecule has 0 unspecified atom stereocenters. The minimum atomic E-state index is 0.608. The highest BCUT2D eigenvalue weighted by Gasteiger charge is 2.23. The maximum Gasteiger partial charge on any atom is 0.230 e. The highest BCUT2D eigenvalue weighted by Crippen LogP contribution is 2.23. The predicted octanol–water partition coefficient (Wildman–Crippen LogP) is 3.42. The van der Waals surface area contributed by atoms with Gasteiger partial charge in [-0.1, -0.05) is 32.3 Å². The largest absolute Gasteiger partial charge is 0.343 e. The lowest BCUT2D eigenvalue weighted by atomic mass is 9.94. The van der Waals surface area contributed by atoms with Crippen molar-refractivity contribution in [3.63, 3.8) is 0 Å². The summed E-state index contributed by atoms with van der Waals surface area (Å²) < 4.78 is 0. The van der Waals surface area contributed by atoms with Gasteiger partial charge in [-0.15, -0.1) is 0 Å². The highest BCUT2D eigenvalue weighted by atomic mass is 15.4. The van der Waals surface area contributed by atoms with Crippen LogP contribution in [0.3, 0.4) is 0 Å². The number of fused-ring (bicyclic) bond motifs is 1. The van der Waals surface area contributed by atoms with Gasteiger partial charge in [-0.3, -0.25) is 10.2 Å². The number of aromatic nitrogens is 2. The van der Waals surface area contributed by atoms with Crippen molar-refractivity contribution in [2.24, 2.45) is 4.99 Å². The smallest absolute Gasteiger partial charge is 0.230 e. The van der Waals surface area contributed by atoms with E-state index in [0.717, 1.165) is 42.3 Å². The lowest BCUT2D eigenvalue weighted by molar-refractivity contribution is 0.150. The zero-order valence-corrected chi connectivity index (χ0v) is 15.8. The fourth-order valence-corrected chi connectivity index (χ4v) is 3.93. The summed E-state index contributed by atoms with van der Waals surface area (Å²) in [5.41, 5.74) is 3.27. The Kier molecular flexibility index (Phi) is 5.02. The standard InChI is InChI=1S/C20H28N6/c1-3-15-9-10-18-17(11-15)14(2)23-20(24-18)25-19-21-12-26(13-22-19)16-7-5-4-6-8-16/h9-11,16H,3-8,12-13H2,1-2H3,(H2,21,22,23,24,25). The number of hydrogen-bond acceptors (Lipinski definition) is 6. The molecular formula is C20H28N6. The third kappa shape index (κ3) is 3.65. The predicted molar refractivity (Wildman–Crippen MR) is 106 cm³/mol. The SMILES string of the molecule is CCc1ccc2nc(NC3=NCN(C4CCCCC4)CN3)nc(C)c2c1. The molecule has 2 heterocycles. The molecule has 138 valence electrons. The van der Waals surface area contributed by atoms with E-state index >= 15 is 0 Å². The van der Waals surface area contributed by atoms with Crippen LogP contribution in [0.15, 0.2) is 23.2 Å². The van der Waals surface area contributed by atoms with Crippen molar-refractivity contribution >= 4 is 22.8 Å². The summed E-state index contributed by atoms with van der Waals surface area (Å²) in [7, 11) is 0. The van der Waals surface area contributed by atoms with Crippen LogP contribution < -0.4 is 10.6 Å². The average Bonchev–Trinajstić information content (AvgIpc) is 2.69. The molecule has 1 aliphatic heterocycles. The van der Waals surface area contributed by atoms with Gasteiger partial charge in [0, 0.05) is 11.4 Å². The first-order chi connectivity index (χ1) is 12.7. The minimum absolute atomic E-state index is 0.608. The zero-order valence-electron chi connectivity index (χ0n) is 15.8. The van der Waals surface area contributed by atoms with Gasteiger partial charge in [0.05, 0.1) is 24.5 Å². The number of rotatable bonds is 3. The Balaban J connectivity index is 1.46. The molecule has 2 aromatic rings. The van der Waals surface area contributed by atoms with Gasteiger partial charge < -0.3 is 5.32 Å². The number of benzene rings is 1. The van der Waals surface area contributed by atoms with E-state index in [4.69, 9.17) is 0 Å². The van der Waals surface area contributed by atoms with Crippen molar-refractivity contribution < 1.29 is 0 Å². The van der Waals surface area contributed by atoms with Gasteiger partial charge in [0.15, 0.2) is 0 Å². The third-order valence-corrected chi connectivity index (χ3v) is 5.54. The van der Waals surface area contributed by atoms with E-state index in [0.29, 0.717) is 12.0 Å². The zero-order chi connectivity index (χ0) is 17.9. The second-order valence-corrected chi connectivity index (χ2v) is 7.33. The van der Waals surface area contributed by atoms with Crippen LogP contribution in [0.5, 0.6) is 0 Å². The molecule has 4 rings (SSSR count). The van der Waals surface area contributed by atoms with Crippen molar-refractivity contribution in [2.75, 3.05) is 18.7 Å². The van der Waals surface area contributed by atoms with Crippen LogP contribution in [0.1, 0.15) is 50.3 Å². The molecule has 1 aromatic carbocycles. The summed E-state index contributed by atoms with van der Waals surface area (Å²) in [6.07, 6.45) is 7.69. The lowest BCUT2D eigenvalue weighted by Crippen LogP contribution is -2.50. The van der Waals surface area contributed by atoms with Crippen LogP contribution >= 0.6 is 0 Å². The highest BCUT2D eigenvalue weighted by molar-refractivity contribution is 5.93. The van der Waals surface area contributed by atoms with E-state index in [9.17, 15) is 0 Å². The van der Waals surface area contributed by atoms with Crippen molar-refractivity contribution in [3.05, 3.63) is 29.5 Å². The second-order valence-electron chi connectivity index (χ2n) is 7.33. The molecule has 0 bridgehead atoms. The number of aliphatic imine (C=N–C) groups is 1. The number of nitrogens with zero attached hydrogens (tertiary/aromatic N) is 4. The normalized spacial score (nSPS) is 19.2. The molecule has 2 N–H and O–H groups in total. The summed E-state index contributed by atoms with van der Waals surface area (Å²) >= 11 is 0. The molecule has 6 nitrogen and oxygen atoms in total. The number of nitrogens with one attached hydrogen (secondary N) is 2. The molecular weight excluding hydrogens is 324 g/mol. The van der Waals surface area contributed by atoms with Crippen LogP contribution in [0.25, 0.3) is 10.9 Å². The van der Waals surface area contributed by atoms with Crippen LogP contribution in [0, 0.1) is 6.92 Å². The van der Waals surface area contributed by atoms with Crippen molar-refractivity contribution in [2.45, 2.75) is 58.4 Å². The lowest BCUT2D eigenvalue weighted by Gasteiger charge is -2.35. The Labute approximate surface area is 155 Å². The molecule has 6 heteroatoms. The monoisotopic (exact) mass is 352 g/mol. The molecule has 0 radical (unpaired) electrons. The summed E-state index contributed by atoms with van der Waals surface area (Å²) in [6.45, 7) is 5.78. The molecule has 0 atom stereocenters. The topological polar surface area (TPSA) is 65.4 Å². The molecule has 1 fully saturated rings. The fraction of sp³-hybridized carbons (Fsp3) is 0.550. The van der Waals surface area contributed by atoms with Crippen LogP contribution in [0.2, 0.25) is 0 Å². The molecule has 2 aliphatic rings. The fourth-order valence-electron chi connectivity index (χ4n) is 3.93. The number of guanidine groups is 1. The average molecular weight is 352 g/mol. The first-order valence-electron chi connectivity index (χ1n) is 9.79.